The third kappa shape index (κ3) is 9.77. The van der Waals surface area contributed by atoms with Gasteiger partial charge in [-0.1, -0.05) is 32.1 Å². The summed E-state index contributed by atoms with van der Waals surface area (Å²) in [5, 5.41) is 5.15. The molecule has 1 aromatic carbocycles. The van der Waals surface area contributed by atoms with Crippen LogP contribution in [0.2, 0.25) is 0 Å². The van der Waals surface area contributed by atoms with E-state index in [0.29, 0.717) is 30.0 Å². The Morgan fingerprint density at radius 3 is 2.60 bits per heavy atom. The number of rotatable bonds is 12. The number of allylic oxidation sites excluding steroid dienone is 1. The Morgan fingerprint density at radius 1 is 1.17 bits per heavy atom. The molecule has 0 bridgehead atoms. The molecule has 1 aliphatic rings. The zero-order valence-corrected chi connectivity index (χ0v) is 28.0. The normalized spacial score (nSPS) is 15.5. The van der Waals surface area contributed by atoms with Gasteiger partial charge >= 0.3 is 12.2 Å². The summed E-state index contributed by atoms with van der Waals surface area (Å²) in [6, 6.07) is 7.52. The first-order valence-corrected chi connectivity index (χ1v) is 16.0. The lowest BCUT2D eigenvalue weighted by molar-refractivity contribution is -0.118. The number of nitrogens with two attached hydrogens (primary N) is 1. The Morgan fingerprint density at radius 2 is 1.94 bits per heavy atom. The van der Waals surface area contributed by atoms with Crippen LogP contribution < -0.4 is 21.9 Å². The van der Waals surface area contributed by atoms with Crippen LogP contribution in [0.15, 0.2) is 53.5 Å². The molecule has 2 atom stereocenters. The maximum Gasteiger partial charge on any atom is 0.420 e. The second-order valence-corrected chi connectivity index (χ2v) is 13.0. The van der Waals surface area contributed by atoms with Gasteiger partial charge in [0.05, 0.1) is 30.8 Å². The van der Waals surface area contributed by atoms with Crippen molar-refractivity contribution in [3.05, 3.63) is 70.4 Å². The van der Waals surface area contributed by atoms with E-state index in [4.69, 9.17) is 24.9 Å². The molecule has 1 fully saturated rings. The fraction of sp³-hybridized carbons (Fsp3) is 0.471. The van der Waals surface area contributed by atoms with Gasteiger partial charge in [0.1, 0.15) is 29.3 Å². The van der Waals surface area contributed by atoms with E-state index in [0.717, 1.165) is 18.1 Å². The molecule has 48 heavy (non-hydrogen) atoms. The number of hydrogen-bond acceptors (Lipinski definition) is 9. The average molecular weight is 665 g/mol. The molecule has 3 amide bonds. The van der Waals surface area contributed by atoms with Crippen molar-refractivity contribution >= 4 is 40.7 Å². The van der Waals surface area contributed by atoms with E-state index < -0.39 is 47.3 Å². The molecule has 258 valence electrons. The molecule has 14 heteroatoms. The molecule has 0 spiro atoms. The van der Waals surface area contributed by atoms with Crippen LogP contribution in [0.1, 0.15) is 65.3 Å². The zero-order chi connectivity index (χ0) is 35.0. The highest BCUT2D eigenvalue weighted by molar-refractivity contribution is 5.96. The number of pyridine rings is 1. The zero-order valence-electron chi connectivity index (χ0n) is 28.0. The number of para-hydroxylation sites is 1. The SMILES string of the molecule is CC(C)Cc1cccc2c1nc(Cn1cccc(NC(=O)[C@H](CC/C=C/C(N)=O)NC(=O)OC3CCOC3)c1=O)n2C(=O)OC(C)(C)C. The average Bonchev–Trinajstić information content (AvgIpc) is 3.63. The lowest BCUT2D eigenvalue weighted by atomic mass is 10.0. The molecular formula is C34H44N6O8. The summed E-state index contributed by atoms with van der Waals surface area (Å²) in [6.45, 7) is 10.1. The van der Waals surface area contributed by atoms with Crippen molar-refractivity contribution in [2.24, 2.45) is 11.7 Å². The van der Waals surface area contributed by atoms with Crippen LogP contribution in [-0.4, -0.2) is 69.1 Å². The molecule has 4 rings (SSSR count). The number of benzene rings is 1. The van der Waals surface area contributed by atoms with Gasteiger partial charge in [0.15, 0.2) is 0 Å². The minimum absolute atomic E-state index is 0.0556. The number of alkyl carbamates (subject to hydrolysis) is 1. The number of hydrogen-bond donors (Lipinski definition) is 3. The van der Waals surface area contributed by atoms with Crippen molar-refractivity contribution in [1.29, 1.82) is 0 Å². The number of aromatic nitrogens is 3. The van der Waals surface area contributed by atoms with E-state index in [2.05, 4.69) is 24.5 Å². The summed E-state index contributed by atoms with van der Waals surface area (Å²) in [4.78, 5) is 69.0. The fourth-order valence-corrected chi connectivity index (χ4v) is 5.22. The van der Waals surface area contributed by atoms with Gasteiger partial charge in [-0.25, -0.2) is 19.1 Å². The van der Waals surface area contributed by atoms with Crippen LogP contribution in [0, 0.1) is 5.92 Å². The number of anilines is 1. The minimum atomic E-state index is -1.11. The molecular weight excluding hydrogens is 620 g/mol. The summed E-state index contributed by atoms with van der Waals surface area (Å²) in [5.74, 6) is -0.702. The van der Waals surface area contributed by atoms with Gasteiger partial charge in [-0.15, -0.1) is 0 Å². The van der Waals surface area contributed by atoms with Crippen molar-refractivity contribution in [1.82, 2.24) is 19.4 Å². The van der Waals surface area contributed by atoms with Crippen LogP contribution in [0.5, 0.6) is 0 Å². The lowest BCUT2D eigenvalue weighted by Gasteiger charge is -2.21. The van der Waals surface area contributed by atoms with Crippen LogP contribution >= 0.6 is 0 Å². The summed E-state index contributed by atoms with van der Waals surface area (Å²) < 4.78 is 19.0. The minimum Gasteiger partial charge on any atom is -0.444 e. The van der Waals surface area contributed by atoms with Crippen molar-refractivity contribution in [2.75, 3.05) is 18.5 Å². The first-order valence-electron chi connectivity index (χ1n) is 16.0. The highest BCUT2D eigenvalue weighted by Crippen LogP contribution is 2.24. The van der Waals surface area contributed by atoms with Crippen molar-refractivity contribution < 1.29 is 33.4 Å². The van der Waals surface area contributed by atoms with Gasteiger partial charge in [-0.2, -0.15) is 0 Å². The number of carbonyl (C=O) groups is 4. The van der Waals surface area contributed by atoms with E-state index in [1.807, 2.05) is 12.1 Å². The third-order valence-corrected chi connectivity index (χ3v) is 7.31. The topological polar surface area (TPSA) is 186 Å². The Kier molecular flexibility index (Phi) is 11.8. The predicted molar refractivity (Wildman–Crippen MR) is 179 cm³/mol. The number of primary amides is 1. The van der Waals surface area contributed by atoms with E-state index in [1.54, 1.807) is 32.9 Å². The number of nitrogens with one attached hydrogen (secondary N) is 2. The standard InChI is InChI=1S/C34H44N6O8/c1-21(2)18-22-10-8-13-26-29(22)38-28(40(26)33(45)48-34(3,4)5)19-39-16-9-12-25(31(39)43)36-30(42)24(11-6-7-14-27(35)41)37-32(44)47-23-15-17-46-20-23/h7-10,12-14,16,21,23-24H,6,11,15,17-20H2,1-5H3,(H2,35,41)(H,36,42)(H,37,44)/b14-7+/t23?,24-/m0/s1. The number of amides is 3. The molecule has 3 heterocycles. The molecule has 1 saturated heterocycles. The molecule has 0 radical (unpaired) electrons. The predicted octanol–water partition coefficient (Wildman–Crippen LogP) is 3.87. The monoisotopic (exact) mass is 664 g/mol. The van der Waals surface area contributed by atoms with Crippen molar-refractivity contribution in [3.8, 4) is 0 Å². The molecule has 14 nitrogen and oxygen atoms in total. The molecule has 2 aromatic heterocycles. The number of carbonyl (C=O) groups excluding carboxylic acids is 4. The van der Waals surface area contributed by atoms with E-state index in [9.17, 15) is 24.0 Å². The number of fused-ring (bicyclic) bond motifs is 1. The van der Waals surface area contributed by atoms with Crippen LogP contribution in [0.4, 0.5) is 15.3 Å². The fourth-order valence-electron chi connectivity index (χ4n) is 5.22. The van der Waals surface area contributed by atoms with Crippen molar-refractivity contribution in [2.45, 2.75) is 84.6 Å². The maximum absolute atomic E-state index is 13.7. The number of ether oxygens (including phenoxy) is 3. The second kappa shape index (κ2) is 15.7. The van der Waals surface area contributed by atoms with Gasteiger partial charge in [0.2, 0.25) is 11.8 Å². The summed E-state index contributed by atoms with van der Waals surface area (Å²) in [5.41, 5.74) is 5.92. The first kappa shape index (κ1) is 35.9. The molecule has 0 aliphatic carbocycles. The van der Waals surface area contributed by atoms with Gasteiger partial charge in [0.25, 0.3) is 5.56 Å². The molecule has 4 N–H and O–H groups in total. The van der Waals surface area contributed by atoms with Gasteiger partial charge in [-0.05, 0) is 75.8 Å². The number of nitrogens with zero attached hydrogens (tertiary/aromatic N) is 3. The Labute approximate surface area is 278 Å². The smallest absolute Gasteiger partial charge is 0.420 e. The highest BCUT2D eigenvalue weighted by Gasteiger charge is 2.27. The third-order valence-electron chi connectivity index (χ3n) is 7.31. The molecule has 1 aliphatic heterocycles. The largest absolute Gasteiger partial charge is 0.444 e. The van der Waals surface area contributed by atoms with E-state index in [1.165, 1.54) is 27.5 Å². The Balaban J connectivity index is 1.61. The quantitative estimate of drug-likeness (QED) is 0.242. The second-order valence-electron chi connectivity index (χ2n) is 13.0. The van der Waals surface area contributed by atoms with E-state index in [-0.39, 0.29) is 37.5 Å². The van der Waals surface area contributed by atoms with Crippen LogP contribution in [-0.2, 0) is 36.8 Å². The maximum atomic E-state index is 13.7. The summed E-state index contributed by atoms with van der Waals surface area (Å²) in [6.07, 6.45) is 3.89. The lowest BCUT2D eigenvalue weighted by Crippen LogP contribution is -2.45. The first-order chi connectivity index (χ1) is 22.7. The molecule has 0 saturated carbocycles. The summed E-state index contributed by atoms with van der Waals surface area (Å²) >= 11 is 0. The molecule has 3 aromatic rings. The Bertz CT molecular complexity index is 1730. The Hall–Kier alpha value is -4.98. The van der Waals surface area contributed by atoms with Crippen molar-refractivity contribution in [3.63, 3.8) is 0 Å². The highest BCUT2D eigenvalue weighted by atomic mass is 16.6. The van der Waals surface area contributed by atoms with Crippen LogP contribution in [0.25, 0.3) is 11.0 Å². The molecule has 1 unspecified atom stereocenters. The van der Waals surface area contributed by atoms with E-state index >= 15 is 0 Å². The van der Waals surface area contributed by atoms with Gasteiger partial charge in [0, 0.05) is 12.6 Å². The summed E-state index contributed by atoms with van der Waals surface area (Å²) in [7, 11) is 0. The van der Waals surface area contributed by atoms with Gasteiger partial charge in [-0.3, -0.25) is 14.4 Å². The van der Waals surface area contributed by atoms with Crippen LogP contribution in [0.3, 0.4) is 0 Å². The van der Waals surface area contributed by atoms with Gasteiger partial charge < -0.3 is 35.1 Å². The number of imidazole rings is 1.